The van der Waals surface area contributed by atoms with Crippen LogP contribution < -0.4 is 5.32 Å². The molecule has 0 aliphatic carbocycles. The highest BCUT2D eigenvalue weighted by atomic mass is 32.2. The molecule has 0 aliphatic heterocycles. The average Bonchev–Trinajstić information content (AvgIpc) is 2.69. The van der Waals surface area contributed by atoms with Gasteiger partial charge in [-0.15, -0.1) is 11.8 Å². The molecule has 1 aromatic rings. The summed E-state index contributed by atoms with van der Waals surface area (Å²) in [6.45, 7) is 4.14. The SMILES string of the molecule is C=N/C=C(/C=O)SCCc1nn(C)cc1CNC. The van der Waals surface area contributed by atoms with Gasteiger partial charge in [-0.1, -0.05) is 0 Å². The van der Waals surface area contributed by atoms with Gasteiger partial charge in [0.2, 0.25) is 0 Å². The third kappa shape index (κ3) is 4.46. The van der Waals surface area contributed by atoms with Gasteiger partial charge in [-0.05, 0) is 13.8 Å². The van der Waals surface area contributed by atoms with Crippen LogP contribution in [0.3, 0.4) is 0 Å². The van der Waals surface area contributed by atoms with Gasteiger partial charge in [0, 0.05) is 43.7 Å². The Labute approximate surface area is 111 Å². The van der Waals surface area contributed by atoms with Gasteiger partial charge < -0.3 is 5.32 Å². The summed E-state index contributed by atoms with van der Waals surface area (Å²) in [6, 6.07) is 0. The Kier molecular flexibility index (Phi) is 6.38. The Hall–Kier alpha value is -1.40. The topological polar surface area (TPSA) is 59.3 Å². The molecule has 0 bridgehead atoms. The first-order chi connectivity index (χ1) is 8.71. The lowest BCUT2D eigenvalue weighted by molar-refractivity contribution is -0.104. The minimum Gasteiger partial charge on any atom is -0.316 e. The van der Waals surface area contributed by atoms with Crippen molar-refractivity contribution in [2.75, 3.05) is 12.8 Å². The third-order valence-electron chi connectivity index (χ3n) is 2.30. The van der Waals surface area contributed by atoms with E-state index in [2.05, 4.69) is 22.1 Å². The molecule has 0 aliphatic rings. The van der Waals surface area contributed by atoms with Gasteiger partial charge in [0.15, 0.2) is 6.29 Å². The van der Waals surface area contributed by atoms with Crippen LogP contribution in [0.4, 0.5) is 0 Å². The number of aromatic nitrogens is 2. The fraction of sp³-hybridized carbons (Fsp3) is 0.417. The number of carbonyl (C=O) groups is 1. The number of aryl methyl sites for hydroxylation is 2. The number of allylic oxidation sites excluding steroid dienone is 1. The smallest absolute Gasteiger partial charge is 0.157 e. The molecule has 0 unspecified atom stereocenters. The van der Waals surface area contributed by atoms with Crippen molar-refractivity contribution in [1.82, 2.24) is 15.1 Å². The first-order valence-electron chi connectivity index (χ1n) is 5.61. The highest BCUT2D eigenvalue weighted by Gasteiger charge is 2.07. The van der Waals surface area contributed by atoms with Crippen molar-refractivity contribution in [3.8, 4) is 0 Å². The lowest BCUT2D eigenvalue weighted by Crippen LogP contribution is -2.07. The molecule has 6 heteroatoms. The number of aliphatic imine (C=N–C) groups is 1. The molecule has 1 rings (SSSR count). The van der Waals surface area contributed by atoms with Gasteiger partial charge in [-0.3, -0.25) is 14.5 Å². The van der Waals surface area contributed by atoms with Gasteiger partial charge in [0.05, 0.1) is 10.6 Å². The van der Waals surface area contributed by atoms with Crippen molar-refractivity contribution < 1.29 is 4.79 Å². The van der Waals surface area contributed by atoms with E-state index in [0.29, 0.717) is 4.91 Å². The van der Waals surface area contributed by atoms with Gasteiger partial charge in [0.1, 0.15) is 0 Å². The molecule has 1 N–H and O–H groups in total. The summed E-state index contributed by atoms with van der Waals surface area (Å²) in [7, 11) is 3.82. The molecule has 0 saturated heterocycles. The number of hydrogen-bond acceptors (Lipinski definition) is 5. The summed E-state index contributed by atoms with van der Waals surface area (Å²) >= 11 is 1.47. The Morgan fingerprint density at radius 2 is 2.50 bits per heavy atom. The standard InChI is InChI=1S/C12H18N4OS/c1-13-6-10-8-16(3)15-12(10)4-5-18-11(9-17)7-14-2/h7-9,13H,2,4-6H2,1,3H3/b11-7-. The zero-order valence-corrected chi connectivity index (χ0v) is 11.5. The monoisotopic (exact) mass is 266 g/mol. The molecular weight excluding hydrogens is 248 g/mol. The molecule has 1 aromatic heterocycles. The van der Waals surface area contributed by atoms with E-state index in [1.807, 2.05) is 25.0 Å². The molecule has 18 heavy (non-hydrogen) atoms. The fourth-order valence-electron chi connectivity index (χ4n) is 1.59. The molecule has 0 fully saturated rings. The van der Waals surface area contributed by atoms with Gasteiger partial charge in [0.25, 0.3) is 0 Å². The van der Waals surface area contributed by atoms with Crippen molar-refractivity contribution >= 4 is 24.8 Å². The second-order valence-electron chi connectivity index (χ2n) is 3.74. The number of nitrogens with zero attached hydrogens (tertiary/aromatic N) is 3. The van der Waals surface area contributed by atoms with Crippen LogP contribution in [0.1, 0.15) is 11.3 Å². The first-order valence-corrected chi connectivity index (χ1v) is 6.59. The number of carbonyl (C=O) groups excluding carboxylic acids is 1. The van der Waals surface area contributed by atoms with E-state index in [-0.39, 0.29) is 0 Å². The fourth-order valence-corrected chi connectivity index (χ4v) is 2.34. The highest BCUT2D eigenvalue weighted by molar-refractivity contribution is 8.03. The Morgan fingerprint density at radius 3 is 3.11 bits per heavy atom. The van der Waals surface area contributed by atoms with Crippen LogP contribution in [0.15, 0.2) is 22.3 Å². The molecular formula is C12H18N4OS. The summed E-state index contributed by atoms with van der Waals surface area (Å²) in [5.74, 6) is 0.799. The minimum atomic E-state index is 0.594. The largest absolute Gasteiger partial charge is 0.316 e. The van der Waals surface area contributed by atoms with E-state index in [1.165, 1.54) is 23.5 Å². The second kappa shape index (κ2) is 7.84. The molecule has 0 atom stereocenters. The maximum atomic E-state index is 10.7. The van der Waals surface area contributed by atoms with Crippen LogP contribution in [0.2, 0.25) is 0 Å². The number of thioether (sulfide) groups is 1. The van der Waals surface area contributed by atoms with Crippen molar-refractivity contribution in [2.24, 2.45) is 12.0 Å². The van der Waals surface area contributed by atoms with E-state index < -0.39 is 0 Å². The predicted octanol–water partition coefficient (Wildman–Crippen LogP) is 1.16. The number of aldehydes is 1. The predicted molar refractivity (Wildman–Crippen MR) is 75.8 cm³/mol. The summed E-state index contributed by atoms with van der Waals surface area (Å²) in [4.78, 5) is 14.9. The molecule has 0 amide bonds. The molecule has 0 radical (unpaired) electrons. The van der Waals surface area contributed by atoms with Crippen molar-refractivity contribution in [3.63, 3.8) is 0 Å². The van der Waals surface area contributed by atoms with Gasteiger partial charge >= 0.3 is 0 Å². The second-order valence-corrected chi connectivity index (χ2v) is 4.90. The van der Waals surface area contributed by atoms with Crippen LogP contribution in [-0.2, 0) is 24.8 Å². The Bertz CT molecular complexity index is 439. The van der Waals surface area contributed by atoms with Gasteiger partial charge in [-0.2, -0.15) is 5.10 Å². The van der Waals surface area contributed by atoms with Crippen molar-refractivity contribution in [1.29, 1.82) is 0 Å². The van der Waals surface area contributed by atoms with E-state index in [4.69, 9.17) is 0 Å². The maximum Gasteiger partial charge on any atom is 0.157 e. The molecule has 0 aromatic carbocycles. The van der Waals surface area contributed by atoms with Crippen molar-refractivity contribution in [3.05, 3.63) is 28.6 Å². The lowest BCUT2D eigenvalue weighted by atomic mass is 10.2. The van der Waals surface area contributed by atoms with E-state index in [0.717, 1.165) is 30.7 Å². The normalized spacial score (nSPS) is 11.6. The number of nitrogens with one attached hydrogen (secondary N) is 1. The van der Waals surface area contributed by atoms with Crippen LogP contribution in [-0.4, -0.2) is 35.6 Å². The van der Waals surface area contributed by atoms with E-state index >= 15 is 0 Å². The zero-order valence-electron chi connectivity index (χ0n) is 10.7. The quantitative estimate of drug-likeness (QED) is 0.436. The highest BCUT2D eigenvalue weighted by Crippen LogP contribution is 2.16. The molecule has 98 valence electrons. The van der Waals surface area contributed by atoms with Crippen LogP contribution in [0.25, 0.3) is 0 Å². The molecule has 1 heterocycles. The zero-order chi connectivity index (χ0) is 13.4. The summed E-state index contributed by atoms with van der Waals surface area (Å²) < 4.78 is 1.81. The summed E-state index contributed by atoms with van der Waals surface area (Å²) in [5, 5.41) is 7.54. The number of rotatable bonds is 8. The summed E-state index contributed by atoms with van der Waals surface area (Å²) in [6.07, 6.45) is 5.11. The van der Waals surface area contributed by atoms with E-state index in [1.54, 1.807) is 0 Å². The Balaban J connectivity index is 2.55. The Morgan fingerprint density at radius 1 is 1.72 bits per heavy atom. The van der Waals surface area contributed by atoms with Crippen LogP contribution >= 0.6 is 11.8 Å². The summed E-state index contributed by atoms with van der Waals surface area (Å²) in [5.41, 5.74) is 2.26. The molecule has 0 saturated carbocycles. The minimum absolute atomic E-state index is 0.594. The van der Waals surface area contributed by atoms with Crippen LogP contribution in [0.5, 0.6) is 0 Å². The average molecular weight is 266 g/mol. The van der Waals surface area contributed by atoms with Gasteiger partial charge in [-0.25, -0.2) is 0 Å². The maximum absolute atomic E-state index is 10.7. The van der Waals surface area contributed by atoms with Crippen LogP contribution in [0, 0.1) is 0 Å². The molecule has 0 spiro atoms. The lowest BCUT2D eigenvalue weighted by Gasteiger charge is -2.01. The van der Waals surface area contributed by atoms with Crippen molar-refractivity contribution in [2.45, 2.75) is 13.0 Å². The van der Waals surface area contributed by atoms with E-state index in [9.17, 15) is 4.79 Å². The number of hydrogen-bond donors (Lipinski definition) is 1. The third-order valence-corrected chi connectivity index (χ3v) is 3.24. The first kappa shape index (κ1) is 14.7. The molecule has 5 nitrogen and oxygen atoms in total.